The Bertz CT molecular complexity index is 478. The summed E-state index contributed by atoms with van der Waals surface area (Å²) in [6.45, 7) is 2.97. The van der Waals surface area contributed by atoms with E-state index in [-0.39, 0.29) is 34.9 Å². The summed E-state index contributed by atoms with van der Waals surface area (Å²) in [7, 11) is 0. The highest BCUT2D eigenvalue weighted by atomic mass is 35.5. The fraction of sp³-hybridized carbons (Fsp3) is 0.417. The first-order valence-electron chi connectivity index (χ1n) is 5.44. The van der Waals surface area contributed by atoms with Crippen LogP contribution < -0.4 is 10.1 Å². The van der Waals surface area contributed by atoms with Crippen molar-refractivity contribution in [1.29, 1.82) is 0 Å². The topological polar surface area (TPSA) is 58.6 Å². The lowest BCUT2D eigenvalue weighted by molar-refractivity contribution is -0.125. The molecule has 0 saturated carbocycles. The van der Waals surface area contributed by atoms with E-state index in [1.165, 1.54) is 12.1 Å². The molecule has 2 N–H and O–H groups in total. The van der Waals surface area contributed by atoms with Crippen molar-refractivity contribution in [1.82, 2.24) is 5.32 Å². The maximum atomic E-state index is 11.6. The smallest absolute Gasteiger partial charge is 0.258 e. The first-order chi connectivity index (χ1) is 8.75. The first-order valence-corrected chi connectivity index (χ1v) is 6.58. The van der Waals surface area contributed by atoms with E-state index in [0.717, 1.165) is 0 Å². The van der Waals surface area contributed by atoms with Gasteiger partial charge in [0.1, 0.15) is 5.75 Å². The molecule has 0 bridgehead atoms. The monoisotopic (exact) mass is 325 g/mol. The Morgan fingerprint density at radius 3 is 2.42 bits per heavy atom. The normalized spacial score (nSPS) is 11.3. The predicted octanol–water partition coefficient (Wildman–Crippen LogP) is 2.91. The number of aliphatic hydroxyl groups excluding tert-OH is 1. The SMILES string of the molecule is CC(C)(CO)NC(=O)COc1cc(Cl)c(Cl)cc1Cl. The molecule has 0 atom stereocenters. The molecule has 106 valence electrons. The van der Waals surface area contributed by atoms with Gasteiger partial charge in [-0.1, -0.05) is 34.8 Å². The molecule has 19 heavy (non-hydrogen) atoms. The van der Waals surface area contributed by atoms with Crippen molar-refractivity contribution in [3.8, 4) is 5.75 Å². The predicted molar refractivity (Wildman–Crippen MR) is 76.3 cm³/mol. The highest BCUT2D eigenvalue weighted by Gasteiger charge is 2.19. The number of benzene rings is 1. The van der Waals surface area contributed by atoms with E-state index >= 15 is 0 Å². The molecule has 7 heteroatoms. The molecule has 0 saturated heterocycles. The lowest BCUT2D eigenvalue weighted by atomic mass is 10.1. The molecule has 0 spiro atoms. The van der Waals surface area contributed by atoms with Gasteiger partial charge in [-0.3, -0.25) is 4.79 Å². The van der Waals surface area contributed by atoms with E-state index in [1.54, 1.807) is 13.8 Å². The molecular formula is C12H14Cl3NO3. The fourth-order valence-electron chi connectivity index (χ4n) is 1.21. The molecule has 1 amide bonds. The third kappa shape index (κ3) is 5.07. The van der Waals surface area contributed by atoms with Gasteiger partial charge in [-0.15, -0.1) is 0 Å². The Hall–Kier alpha value is -0.680. The molecule has 0 aliphatic carbocycles. The number of ether oxygens (including phenoxy) is 1. The van der Waals surface area contributed by atoms with Crippen LogP contribution >= 0.6 is 34.8 Å². The summed E-state index contributed by atoms with van der Waals surface area (Å²) in [5.74, 6) is -0.103. The number of hydrogen-bond acceptors (Lipinski definition) is 3. The zero-order valence-electron chi connectivity index (χ0n) is 10.5. The Morgan fingerprint density at radius 2 is 1.84 bits per heavy atom. The highest BCUT2D eigenvalue weighted by molar-refractivity contribution is 6.43. The van der Waals surface area contributed by atoms with Crippen molar-refractivity contribution in [3.05, 3.63) is 27.2 Å². The van der Waals surface area contributed by atoms with Crippen LogP contribution in [-0.4, -0.2) is 29.8 Å². The second kappa shape index (κ2) is 6.66. The quantitative estimate of drug-likeness (QED) is 0.818. The third-order valence-corrected chi connectivity index (χ3v) is 3.22. The number of nitrogens with one attached hydrogen (secondary N) is 1. The van der Waals surface area contributed by atoms with Crippen LogP contribution in [0.15, 0.2) is 12.1 Å². The molecule has 0 heterocycles. The number of hydrogen-bond donors (Lipinski definition) is 2. The summed E-state index contributed by atoms with van der Waals surface area (Å²) >= 11 is 17.5. The zero-order chi connectivity index (χ0) is 14.6. The van der Waals surface area contributed by atoms with Gasteiger partial charge in [-0.05, 0) is 19.9 Å². The van der Waals surface area contributed by atoms with Crippen LogP contribution in [0.2, 0.25) is 15.1 Å². The lowest BCUT2D eigenvalue weighted by Gasteiger charge is -2.23. The van der Waals surface area contributed by atoms with Gasteiger partial charge in [-0.25, -0.2) is 0 Å². The van der Waals surface area contributed by atoms with E-state index in [0.29, 0.717) is 5.02 Å². The van der Waals surface area contributed by atoms with Crippen LogP contribution in [0.3, 0.4) is 0 Å². The molecule has 1 aromatic carbocycles. The van der Waals surface area contributed by atoms with E-state index in [9.17, 15) is 4.79 Å². The number of carbonyl (C=O) groups excluding carboxylic acids is 1. The van der Waals surface area contributed by atoms with Crippen molar-refractivity contribution in [3.63, 3.8) is 0 Å². The van der Waals surface area contributed by atoms with Crippen molar-refractivity contribution in [2.24, 2.45) is 0 Å². The molecule has 0 aromatic heterocycles. The summed E-state index contributed by atoms with van der Waals surface area (Å²) in [4.78, 5) is 11.6. The standard InChI is InChI=1S/C12H14Cl3NO3/c1-12(2,6-17)16-11(18)5-19-10-4-8(14)7(13)3-9(10)15/h3-4,17H,5-6H2,1-2H3,(H,16,18). The van der Waals surface area contributed by atoms with E-state index < -0.39 is 5.54 Å². The minimum atomic E-state index is -0.706. The van der Waals surface area contributed by atoms with Crippen LogP contribution in [0, 0.1) is 0 Å². The molecule has 0 unspecified atom stereocenters. The number of carbonyl (C=O) groups is 1. The van der Waals surface area contributed by atoms with E-state index in [4.69, 9.17) is 44.6 Å². The Kier molecular flexibility index (Phi) is 5.74. The zero-order valence-corrected chi connectivity index (χ0v) is 12.7. The van der Waals surface area contributed by atoms with Gasteiger partial charge in [0.25, 0.3) is 5.91 Å². The Balaban J connectivity index is 2.63. The molecule has 0 fully saturated rings. The second-order valence-corrected chi connectivity index (χ2v) is 5.80. The van der Waals surface area contributed by atoms with Gasteiger partial charge in [0.05, 0.1) is 27.2 Å². The minimum absolute atomic E-state index is 0.174. The Labute approximate surface area is 126 Å². The molecular weight excluding hydrogens is 312 g/mol. The van der Waals surface area contributed by atoms with Crippen LogP contribution in [0.5, 0.6) is 5.75 Å². The molecule has 0 aliphatic heterocycles. The molecule has 0 radical (unpaired) electrons. The highest BCUT2D eigenvalue weighted by Crippen LogP contribution is 2.33. The summed E-state index contributed by atoms with van der Waals surface area (Å²) in [5.41, 5.74) is -0.706. The summed E-state index contributed by atoms with van der Waals surface area (Å²) in [6.07, 6.45) is 0. The molecule has 4 nitrogen and oxygen atoms in total. The molecule has 1 rings (SSSR count). The van der Waals surface area contributed by atoms with Crippen LogP contribution in [0.25, 0.3) is 0 Å². The minimum Gasteiger partial charge on any atom is -0.482 e. The van der Waals surface area contributed by atoms with Crippen molar-refractivity contribution >= 4 is 40.7 Å². The van der Waals surface area contributed by atoms with Gasteiger partial charge in [0.15, 0.2) is 6.61 Å². The van der Waals surface area contributed by atoms with Crippen LogP contribution in [-0.2, 0) is 4.79 Å². The number of amides is 1. The van der Waals surface area contributed by atoms with Crippen molar-refractivity contribution < 1.29 is 14.6 Å². The lowest BCUT2D eigenvalue weighted by Crippen LogP contribution is -2.48. The number of aliphatic hydroxyl groups is 1. The van der Waals surface area contributed by atoms with Crippen molar-refractivity contribution in [2.75, 3.05) is 13.2 Å². The summed E-state index contributed by atoms with van der Waals surface area (Å²) < 4.78 is 5.26. The van der Waals surface area contributed by atoms with Gasteiger partial charge in [-0.2, -0.15) is 0 Å². The van der Waals surface area contributed by atoms with Gasteiger partial charge < -0.3 is 15.2 Å². The van der Waals surface area contributed by atoms with Crippen LogP contribution in [0.1, 0.15) is 13.8 Å². The summed E-state index contributed by atoms with van der Waals surface area (Å²) in [6, 6.07) is 2.88. The van der Waals surface area contributed by atoms with Gasteiger partial charge >= 0.3 is 0 Å². The van der Waals surface area contributed by atoms with Gasteiger partial charge in [0, 0.05) is 6.07 Å². The largest absolute Gasteiger partial charge is 0.482 e. The summed E-state index contributed by atoms with van der Waals surface area (Å²) in [5, 5.41) is 12.5. The maximum Gasteiger partial charge on any atom is 0.258 e. The first kappa shape index (κ1) is 16.4. The molecule has 0 aliphatic rings. The second-order valence-electron chi connectivity index (χ2n) is 4.58. The van der Waals surface area contributed by atoms with E-state index in [1.807, 2.05) is 0 Å². The van der Waals surface area contributed by atoms with E-state index in [2.05, 4.69) is 5.32 Å². The average Bonchev–Trinajstić information content (AvgIpc) is 2.31. The fourth-order valence-corrected chi connectivity index (χ4v) is 1.80. The number of rotatable bonds is 5. The van der Waals surface area contributed by atoms with Crippen LogP contribution in [0.4, 0.5) is 0 Å². The molecule has 1 aromatic rings. The Morgan fingerprint density at radius 1 is 1.26 bits per heavy atom. The third-order valence-electron chi connectivity index (χ3n) is 2.21. The van der Waals surface area contributed by atoms with Gasteiger partial charge in [0.2, 0.25) is 0 Å². The maximum absolute atomic E-state index is 11.6. The van der Waals surface area contributed by atoms with Crippen molar-refractivity contribution in [2.45, 2.75) is 19.4 Å². The number of halogens is 3. The average molecular weight is 327 g/mol.